The molecule has 0 N–H and O–H groups in total. The molecule has 1 aliphatic carbocycles. The Labute approximate surface area is 123 Å². The Kier molecular flexibility index (Phi) is 3.57. The summed E-state index contributed by atoms with van der Waals surface area (Å²) in [4.78, 5) is 23.0. The van der Waals surface area contributed by atoms with Gasteiger partial charge in [0.05, 0.1) is 6.61 Å². The summed E-state index contributed by atoms with van der Waals surface area (Å²) >= 11 is 0. The van der Waals surface area contributed by atoms with E-state index in [-0.39, 0.29) is 0 Å². The lowest BCUT2D eigenvalue weighted by Gasteiger charge is -2.07. The van der Waals surface area contributed by atoms with Gasteiger partial charge in [0.25, 0.3) is 0 Å². The number of nitrogens with zero attached hydrogens (tertiary/aromatic N) is 1. The number of rotatable bonds is 4. The highest BCUT2D eigenvalue weighted by Gasteiger charge is 2.29. The predicted octanol–water partition coefficient (Wildman–Crippen LogP) is 2.31. The van der Waals surface area contributed by atoms with Crippen molar-refractivity contribution in [2.24, 2.45) is 0 Å². The first-order valence-corrected chi connectivity index (χ1v) is 7.30. The first kappa shape index (κ1) is 13.9. The van der Waals surface area contributed by atoms with Crippen LogP contribution in [0.1, 0.15) is 42.3 Å². The van der Waals surface area contributed by atoms with Crippen molar-refractivity contribution >= 4 is 18.0 Å². The maximum Gasteiger partial charge on any atom is 0.347 e. The lowest BCUT2D eigenvalue weighted by Crippen LogP contribution is -2.21. The van der Waals surface area contributed by atoms with Gasteiger partial charge in [0, 0.05) is 29.9 Å². The fourth-order valence-corrected chi connectivity index (χ4v) is 2.79. The summed E-state index contributed by atoms with van der Waals surface area (Å²) in [6.45, 7) is 4.46. The molecule has 0 amide bonds. The van der Waals surface area contributed by atoms with Crippen molar-refractivity contribution in [2.45, 2.75) is 45.3 Å². The third-order valence-electron chi connectivity index (χ3n) is 3.98. The zero-order chi connectivity index (χ0) is 15.0. The van der Waals surface area contributed by atoms with E-state index >= 15 is 0 Å². The van der Waals surface area contributed by atoms with E-state index in [9.17, 15) is 9.59 Å². The summed E-state index contributed by atoms with van der Waals surface area (Å²) < 4.78 is 12.2. The molecule has 5 nitrogen and oxygen atoms in total. The summed E-state index contributed by atoms with van der Waals surface area (Å²) in [7, 11) is 0. The van der Waals surface area contributed by atoms with Crippen molar-refractivity contribution in [3.8, 4) is 0 Å². The quantitative estimate of drug-likeness (QED) is 0.630. The van der Waals surface area contributed by atoms with Gasteiger partial charge in [-0.05, 0) is 44.4 Å². The number of hydrogen-bond donors (Lipinski definition) is 0. The predicted molar refractivity (Wildman–Crippen MR) is 76.7 cm³/mol. The minimum atomic E-state index is -0.749. The van der Waals surface area contributed by atoms with Crippen LogP contribution in [0, 0.1) is 13.8 Å². The Morgan fingerprint density at radius 3 is 2.76 bits per heavy atom. The van der Waals surface area contributed by atoms with Crippen LogP contribution in [0.3, 0.4) is 0 Å². The molecule has 1 saturated heterocycles. The molecule has 1 aromatic rings. The van der Waals surface area contributed by atoms with E-state index in [1.807, 2.05) is 0 Å². The average Bonchev–Trinajstić information content (AvgIpc) is 3.13. The van der Waals surface area contributed by atoms with Crippen LogP contribution in [-0.4, -0.2) is 29.2 Å². The molecule has 5 heteroatoms. The second kappa shape index (κ2) is 5.39. The smallest absolute Gasteiger partial charge is 0.347 e. The molecule has 0 radical (unpaired) electrons. The minimum absolute atomic E-state index is 0.322. The third-order valence-corrected chi connectivity index (χ3v) is 3.98. The van der Waals surface area contributed by atoms with Crippen LogP contribution in [0.4, 0.5) is 0 Å². The molecular weight excluding hydrogens is 270 g/mol. The molecule has 0 spiro atoms. The lowest BCUT2D eigenvalue weighted by molar-refractivity contribution is -0.156. The second-order valence-corrected chi connectivity index (χ2v) is 5.64. The molecule has 0 bridgehead atoms. The lowest BCUT2D eigenvalue weighted by atomic mass is 10.2. The molecule has 2 aliphatic rings. The Balaban J connectivity index is 1.67. The summed E-state index contributed by atoms with van der Waals surface area (Å²) in [6.07, 6.45) is 5.28. The fourth-order valence-electron chi connectivity index (χ4n) is 2.79. The van der Waals surface area contributed by atoms with Crippen molar-refractivity contribution < 1.29 is 19.1 Å². The van der Waals surface area contributed by atoms with E-state index in [0.29, 0.717) is 19.1 Å². The van der Waals surface area contributed by atoms with Gasteiger partial charge in [-0.2, -0.15) is 0 Å². The van der Waals surface area contributed by atoms with Crippen LogP contribution in [0.15, 0.2) is 12.1 Å². The number of aryl methyl sites for hydroxylation is 1. The summed E-state index contributed by atoms with van der Waals surface area (Å²) in [6, 6.07) is 2.69. The van der Waals surface area contributed by atoms with Crippen LogP contribution in [0.2, 0.25) is 0 Å². The van der Waals surface area contributed by atoms with Crippen molar-refractivity contribution in [1.29, 1.82) is 0 Å². The Hall–Kier alpha value is -2.04. The number of esters is 2. The third kappa shape index (κ3) is 2.86. The van der Waals surface area contributed by atoms with Gasteiger partial charge in [-0.15, -0.1) is 0 Å². The van der Waals surface area contributed by atoms with Crippen LogP contribution in [-0.2, 0) is 19.1 Å². The number of ether oxygens (including phenoxy) is 2. The van der Waals surface area contributed by atoms with Gasteiger partial charge in [-0.1, -0.05) is 0 Å². The van der Waals surface area contributed by atoms with Crippen LogP contribution in [0.5, 0.6) is 0 Å². The maximum absolute atomic E-state index is 11.7. The van der Waals surface area contributed by atoms with Crippen LogP contribution in [0.25, 0.3) is 6.08 Å². The number of hydrogen-bond acceptors (Lipinski definition) is 4. The highest BCUT2D eigenvalue weighted by Crippen LogP contribution is 2.38. The Morgan fingerprint density at radius 1 is 1.38 bits per heavy atom. The van der Waals surface area contributed by atoms with Gasteiger partial charge < -0.3 is 14.0 Å². The summed E-state index contributed by atoms with van der Waals surface area (Å²) in [5, 5.41) is 0. The van der Waals surface area contributed by atoms with Crippen LogP contribution >= 0.6 is 0 Å². The second-order valence-electron chi connectivity index (χ2n) is 5.64. The molecule has 112 valence electrons. The Bertz CT molecular complexity index is 610. The van der Waals surface area contributed by atoms with E-state index in [4.69, 9.17) is 9.47 Å². The zero-order valence-corrected chi connectivity index (χ0v) is 12.3. The van der Waals surface area contributed by atoms with Gasteiger partial charge in [-0.25, -0.2) is 9.59 Å². The van der Waals surface area contributed by atoms with Crippen LogP contribution < -0.4 is 0 Å². The molecular formula is C16H19NO4. The molecule has 1 atom stereocenters. The molecule has 21 heavy (non-hydrogen) atoms. The first-order valence-electron chi connectivity index (χ1n) is 7.30. The van der Waals surface area contributed by atoms with E-state index in [1.165, 1.54) is 30.3 Å². The Morgan fingerprint density at radius 2 is 2.14 bits per heavy atom. The van der Waals surface area contributed by atoms with Gasteiger partial charge in [-0.3, -0.25) is 0 Å². The normalized spacial score (nSPS) is 21.8. The van der Waals surface area contributed by atoms with Gasteiger partial charge in [0.1, 0.15) is 0 Å². The number of carbonyl (C=O) groups excluding carboxylic acids is 2. The molecule has 3 rings (SSSR count). The summed E-state index contributed by atoms with van der Waals surface area (Å²) in [5.41, 5.74) is 3.40. The van der Waals surface area contributed by atoms with E-state index in [2.05, 4.69) is 24.5 Å². The van der Waals surface area contributed by atoms with Crippen molar-refractivity contribution in [3.63, 3.8) is 0 Å². The van der Waals surface area contributed by atoms with Crippen molar-refractivity contribution in [3.05, 3.63) is 29.1 Å². The van der Waals surface area contributed by atoms with E-state index in [0.717, 1.165) is 5.56 Å². The largest absolute Gasteiger partial charge is 0.463 e. The highest BCUT2D eigenvalue weighted by molar-refractivity contribution is 5.89. The monoisotopic (exact) mass is 289 g/mol. The molecule has 1 aromatic heterocycles. The number of cyclic esters (lactones) is 1. The molecule has 0 unspecified atom stereocenters. The summed E-state index contributed by atoms with van der Waals surface area (Å²) in [5.74, 6) is -0.960. The topological polar surface area (TPSA) is 57.5 Å². The molecule has 1 saturated carbocycles. The van der Waals surface area contributed by atoms with Gasteiger partial charge in [0.15, 0.2) is 0 Å². The fraction of sp³-hybridized carbons (Fsp3) is 0.500. The molecule has 2 fully saturated rings. The average molecular weight is 289 g/mol. The number of aromatic nitrogens is 1. The van der Waals surface area contributed by atoms with Gasteiger partial charge >= 0.3 is 11.9 Å². The van der Waals surface area contributed by atoms with Gasteiger partial charge in [0.2, 0.25) is 6.10 Å². The molecule has 1 aliphatic heterocycles. The molecule has 2 heterocycles. The minimum Gasteiger partial charge on any atom is -0.463 e. The molecule has 0 aromatic carbocycles. The van der Waals surface area contributed by atoms with E-state index < -0.39 is 18.0 Å². The van der Waals surface area contributed by atoms with E-state index in [1.54, 1.807) is 6.08 Å². The number of carbonyl (C=O) groups is 2. The highest BCUT2D eigenvalue weighted by atomic mass is 16.6. The standard InChI is InChI=1S/C16H19NO4/c1-10-9-12(11(2)17(10)13-4-5-13)3-6-15(18)21-14-7-8-20-16(14)19/h3,6,9,13-14H,4-5,7-8H2,1-2H3/b6-3+/t14-/m1/s1. The van der Waals surface area contributed by atoms with Crippen molar-refractivity contribution in [1.82, 2.24) is 4.57 Å². The maximum atomic E-state index is 11.7. The van der Waals surface area contributed by atoms with Crippen molar-refractivity contribution in [2.75, 3.05) is 6.61 Å². The zero-order valence-electron chi connectivity index (χ0n) is 12.3. The SMILES string of the molecule is Cc1cc(/C=C/C(=O)O[C@@H]2CCOC2=O)c(C)n1C1CC1. The first-order chi connectivity index (χ1) is 10.1.